The quantitative estimate of drug-likeness (QED) is 0.606. The van der Waals surface area contributed by atoms with E-state index < -0.39 is 0 Å². The monoisotopic (exact) mass is 349 g/mol. The molecule has 0 bridgehead atoms. The van der Waals surface area contributed by atoms with E-state index in [0.717, 1.165) is 25.7 Å². The summed E-state index contributed by atoms with van der Waals surface area (Å²) in [5.74, 6) is 0.0180. The van der Waals surface area contributed by atoms with Crippen LogP contribution in [0, 0.1) is 5.92 Å². The molecule has 124 valence electrons. The van der Waals surface area contributed by atoms with Gasteiger partial charge in [-0.2, -0.15) is 0 Å². The van der Waals surface area contributed by atoms with Gasteiger partial charge in [0.2, 0.25) is 0 Å². The van der Waals surface area contributed by atoms with Gasteiger partial charge in [-0.15, -0.1) is 22.7 Å². The first-order chi connectivity index (χ1) is 11.2. The molecule has 3 nitrogen and oxygen atoms in total. The van der Waals surface area contributed by atoms with E-state index in [0.29, 0.717) is 22.2 Å². The molecule has 0 fully saturated rings. The van der Waals surface area contributed by atoms with Crippen LogP contribution in [-0.4, -0.2) is 23.3 Å². The third-order valence-electron chi connectivity index (χ3n) is 3.94. The van der Waals surface area contributed by atoms with Crippen molar-refractivity contribution in [2.24, 2.45) is 5.92 Å². The van der Waals surface area contributed by atoms with Gasteiger partial charge in [0.05, 0.1) is 9.75 Å². The number of rotatable bonds is 8. The largest absolute Gasteiger partial charge is 0.273 e. The number of hydrogen-bond acceptors (Lipinski definition) is 4. The molecule has 2 heterocycles. The normalized spacial score (nSPS) is 12.1. The molecule has 0 radical (unpaired) electrons. The predicted octanol–water partition coefficient (Wildman–Crippen LogP) is 5.31. The Bertz CT molecular complexity index is 559. The number of hydrogen-bond donors (Lipinski definition) is 0. The van der Waals surface area contributed by atoms with Gasteiger partial charge in [-0.05, 0) is 35.2 Å². The highest BCUT2D eigenvalue weighted by Crippen LogP contribution is 2.21. The first-order valence-corrected chi connectivity index (χ1v) is 9.86. The number of nitrogens with zero attached hydrogens (tertiary/aromatic N) is 1. The molecule has 0 aliphatic rings. The molecule has 1 unspecified atom stereocenters. The fourth-order valence-electron chi connectivity index (χ4n) is 2.50. The maximum atomic E-state index is 12.8. The van der Waals surface area contributed by atoms with Crippen LogP contribution in [0.15, 0.2) is 35.0 Å². The lowest BCUT2D eigenvalue weighted by atomic mass is 9.98. The van der Waals surface area contributed by atoms with E-state index in [1.54, 1.807) is 12.1 Å². The Kier molecular flexibility index (Phi) is 6.99. The third-order valence-corrected chi connectivity index (χ3v) is 5.65. The first-order valence-electron chi connectivity index (χ1n) is 8.10. The second-order valence-corrected chi connectivity index (χ2v) is 7.49. The lowest BCUT2D eigenvalue weighted by Crippen LogP contribution is -2.39. The van der Waals surface area contributed by atoms with Crippen LogP contribution in [0.3, 0.4) is 0 Å². The van der Waals surface area contributed by atoms with Crippen LogP contribution in [-0.2, 0) is 0 Å². The SMILES string of the molecule is CCCCC(CC)CN(C(=O)c1cccs1)C(=O)c1cccs1. The molecule has 2 rings (SSSR count). The van der Waals surface area contributed by atoms with Crippen molar-refractivity contribution in [1.82, 2.24) is 4.90 Å². The molecule has 1 atom stereocenters. The van der Waals surface area contributed by atoms with Crippen molar-refractivity contribution in [2.75, 3.05) is 6.54 Å². The van der Waals surface area contributed by atoms with Gasteiger partial charge < -0.3 is 0 Å². The number of unbranched alkanes of at least 4 members (excludes halogenated alkanes) is 1. The first kappa shape index (κ1) is 17.9. The molecule has 2 amide bonds. The molecule has 0 N–H and O–H groups in total. The van der Waals surface area contributed by atoms with Crippen molar-refractivity contribution in [3.63, 3.8) is 0 Å². The molecule has 5 heteroatoms. The highest BCUT2D eigenvalue weighted by atomic mass is 32.1. The minimum absolute atomic E-state index is 0.173. The standard InChI is InChI=1S/C18H23NO2S2/c1-3-5-8-14(4-2)13-19(17(20)15-9-6-11-22-15)18(21)16-10-7-12-23-16/h6-7,9-12,14H,3-5,8,13H2,1-2H3. The molecular formula is C18H23NO2S2. The van der Waals surface area contributed by atoms with Gasteiger partial charge in [0.1, 0.15) is 0 Å². The van der Waals surface area contributed by atoms with Gasteiger partial charge in [-0.3, -0.25) is 14.5 Å². The van der Waals surface area contributed by atoms with Crippen LogP contribution < -0.4 is 0 Å². The number of imide groups is 1. The van der Waals surface area contributed by atoms with Gasteiger partial charge >= 0.3 is 0 Å². The summed E-state index contributed by atoms with van der Waals surface area (Å²) >= 11 is 2.77. The van der Waals surface area contributed by atoms with Crippen molar-refractivity contribution in [3.05, 3.63) is 44.8 Å². The molecule has 2 aromatic heterocycles. The smallest absolute Gasteiger partial charge is 0.270 e. The van der Waals surface area contributed by atoms with E-state index >= 15 is 0 Å². The Morgan fingerprint density at radius 3 is 2.00 bits per heavy atom. The average molecular weight is 350 g/mol. The van der Waals surface area contributed by atoms with E-state index in [2.05, 4.69) is 13.8 Å². The van der Waals surface area contributed by atoms with Crippen LogP contribution in [0.2, 0.25) is 0 Å². The summed E-state index contributed by atoms with van der Waals surface area (Å²) in [6.07, 6.45) is 4.30. The van der Waals surface area contributed by atoms with Gasteiger partial charge in [0.25, 0.3) is 11.8 Å². The minimum atomic E-state index is -0.173. The Labute approximate surface area is 146 Å². The minimum Gasteiger partial charge on any atom is -0.273 e. The van der Waals surface area contributed by atoms with Crippen LogP contribution in [0.25, 0.3) is 0 Å². The number of carbonyl (C=O) groups is 2. The second-order valence-electron chi connectivity index (χ2n) is 5.59. The van der Waals surface area contributed by atoms with Gasteiger partial charge in [-0.1, -0.05) is 45.2 Å². The molecule has 0 spiro atoms. The Morgan fingerprint density at radius 1 is 1.04 bits per heavy atom. The van der Waals surface area contributed by atoms with E-state index in [1.165, 1.54) is 27.6 Å². The second kappa shape index (κ2) is 8.99. The number of amides is 2. The van der Waals surface area contributed by atoms with Crippen LogP contribution in [0.4, 0.5) is 0 Å². The maximum Gasteiger partial charge on any atom is 0.270 e. The zero-order chi connectivity index (χ0) is 16.7. The topological polar surface area (TPSA) is 37.4 Å². The third kappa shape index (κ3) is 4.75. The zero-order valence-electron chi connectivity index (χ0n) is 13.7. The molecule has 0 aliphatic heterocycles. The fourth-order valence-corrected chi connectivity index (χ4v) is 3.84. The van der Waals surface area contributed by atoms with Crippen LogP contribution in [0.5, 0.6) is 0 Å². The fraction of sp³-hybridized carbons (Fsp3) is 0.444. The van der Waals surface area contributed by atoms with Gasteiger partial charge in [0, 0.05) is 6.54 Å². The summed E-state index contributed by atoms with van der Waals surface area (Å²) in [4.78, 5) is 28.3. The van der Waals surface area contributed by atoms with E-state index in [4.69, 9.17) is 0 Å². The van der Waals surface area contributed by atoms with Crippen molar-refractivity contribution < 1.29 is 9.59 Å². The summed E-state index contributed by atoms with van der Waals surface area (Å²) in [5, 5.41) is 3.74. The number of thiophene rings is 2. The highest BCUT2D eigenvalue weighted by Gasteiger charge is 2.27. The molecule has 0 aromatic carbocycles. The zero-order valence-corrected chi connectivity index (χ0v) is 15.3. The Balaban J connectivity index is 2.20. The molecule has 2 aromatic rings. The van der Waals surface area contributed by atoms with Crippen LogP contribution in [0.1, 0.15) is 58.9 Å². The molecule has 0 saturated heterocycles. The van der Waals surface area contributed by atoms with E-state index in [-0.39, 0.29) is 11.8 Å². The van der Waals surface area contributed by atoms with Crippen molar-refractivity contribution in [1.29, 1.82) is 0 Å². The van der Waals surface area contributed by atoms with Crippen LogP contribution >= 0.6 is 22.7 Å². The summed E-state index contributed by atoms with van der Waals surface area (Å²) in [6.45, 7) is 4.80. The lowest BCUT2D eigenvalue weighted by molar-refractivity contribution is 0.0591. The molecule has 23 heavy (non-hydrogen) atoms. The molecular weight excluding hydrogens is 326 g/mol. The van der Waals surface area contributed by atoms with Crippen molar-refractivity contribution >= 4 is 34.5 Å². The predicted molar refractivity (Wildman–Crippen MR) is 97.3 cm³/mol. The summed E-state index contributed by atoms with van der Waals surface area (Å²) in [5.41, 5.74) is 0. The van der Waals surface area contributed by atoms with E-state index in [1.807, 2.05) is 22.9 Å². The Hall–Kier alpha value is -1.46. The van der Waals surface area contributed by atoms with Gasteiger partial charge in [-0.25, -0.2) is 0 Å². The maximum absolute atomic E-state index is 12.8. The molecule has 0 aliphatic carbocycles. The highest BCUT2D eigenvalue weighted by molar-refractivity contribution is 7.12. The number of carbonyl (C=O) groups excluding carboxylic acids is 2. The summed E-state index contributed by atoms with van der Waals surface area (Å²) in [6, 6.07) is 7.27. The summed E-state index contributed by atoms with van der Waals surface area (Å²) in [7, 11) is 0. The summed E-state index contributed by atoms with van der Waals surface area (Å²) < 4.78 is 0. The van der Waals surface area contributed by atoms with E-state index in [9.17, 15) is 9.59 Å². The van der Waals surface area contributed by atoms with Crippen molar-refractivity contribution in [2.45, 2.75) is 39.5 Å². The average Bonchev–Trinajstić information content (AvgIpc) is 3.27. The lowest BCUT2D eigenvalue weighted by Gasteiger charge is -2.25. The van der Waals surface area contributed by atoms with Crippen molar-refractivity contribution in [3.8, 4) is 0 Å². The van der Waals surface area contributed by atoms with Gasteiger partial charge in [0.15, 0.2) is 0 Å². The Morgan fingerprint density at radius 2 is 1.61 bits per heavy atom. The molecule has 0 saturated carbocycles.